The third-order valence-electron chi connectivity index (χ3n) is 1.95. The van der Waals surface area contributed by atoms with E-state index < -0.39 is 0 Å². The Bertz CT molecular complexity index is 436. The van der Waals surface area contributed by atoms with Crippen LogP contribution in [0.5, 0.6) is 0 Å². The highest BCUT2D eigenvalue weighted by Crippen LogP contribution is 1.91. The summed E-state index contributed by atoms with van der Waals surface area (Å²) in [6.07, 6.45) is 2.76. The second-order valence-corrected chi connectivity index (χ2v) is 3.39. The SMILES string of the molecule is C=c1[nH]n(C(C)C)c(=O)/c1=C/CC. The zero-order valence-electron chi connectivity index (χ0n) is 8.42. The fourth-order valence-electron chi connectivity index (χ4n) is 1.29. The van der Waals surface area contributed by atoms with Crippen molar-refractivity contribution in [2.75, 3.05) is 0 Å². The first kappa shape index (κ1) is 9.84. The van der Waals surface area contributed by atoms with Crippen LogP contribution < -0.4 is 16.1 Å². The van der Waals surface area contributed by atoms with Crippen molar-refractivity contribution in [3.63, 3.8) is 0 Å². The molecule has 0 saturated carbocycles. The van der Waals surface area contributed by atoms with Crippen LogP contribution in [0.2, 0.25) is 0 Å². The molecule has 1 N–H and O–H groups in total. The number of hydrogen-bond donors (Lipinski definition) is 1. The third-order valence-corrected chi connectivity index (χ3v) is 1.95. The van der Waals surface area contributed by atoms with Crippen molar-refractivity contribution in [3.8, 4) is 0 Å². The van der Waals surface area contributed by atoms with E-state index in [0.29, 0.717) is 10.6 Å². The minimum atomic E-state index is 0.0295. The van der Waals surface area contributed by atoms with E-state index in [9.17, 15) is 4.79 Å². The Morgan fingerprint density at radius 1 is 1.62 bits per heavy atom. The standard InChI is InChI=1S/C10H16N2O/c1-5-6-9-8(4)11-12(7(2)3)10(9)13/h6-7,11H,4-5H2,1-3H3/b9-6+. The Morgan fingerprint density at radius 2 is 2.23 bits per heavy atom. The van der Waals surface area contributed by atoms with Crippen molar-refractivity contribution in [2.45, 2.75) is 33.2 Å². The van der Waals surface area contributed by atoms with Gasteiger partial charge in [-0.25, -0.2) is 4.68 Å². The van der Waals surface area contributed by atoms with Crippen LogP contribution in [0.1, 0.15) is 33.2 Å². The fraction of sp³-hybridized carbons (Fsp3) is 0.500. The molecule has 72 valence electrons. The smallest absolute Gasteiger partial charge is 0.274 e. The van der Waals surface area contributed by atoms with Crippen LogP contribution in [0.3, 0.4) is 0 Å². The van der Waals surface area contributed by atoms with Crippen molar-refractivity contribution < 1.29 is 0 Å². The van der Waals surface area contributed by atoms with Crippen LogP contribution in [0.25, 0.3) is 12.7 Å². The molecule has 1 aromatic rings. The van der Waals surface area contributed by atoms with E-state index in [-0.39, 0.29) is 11.6 Å². The van der Waals surface area contributed by atoms with Gasteiger partial charge in [0.2, 0.25) is 0 Å². The molecule has 13 heavy (non-hydrogen) atoms. The van der Waals surface area contributed by atoms with Crippen molar-refractivity contribution in [1.82, 2.24) is 9.78 Å². The predicted octanol–water partition coefficient (Wildman–Crippen LogP) is 0.358. The minimum Gasteiger partial charge on any atom is -0.295 e. The zero-order valence-corrected chi connectivity index (χ0v) is 8.42. The average molecular weight is 180 g/mol. The van der Waals surface area contributed by atoms with Crippen LogP contribution in [-0.2, 0) is 0 Å². The summed E-state index contributed by atoms with van der Waals surface area (Å²) in [5, 5.41) is 4.37. The largest absolute Gasteiger partial charge is 0.295 e. The summed E-state index contributed by atoms with van der Waals surface area (Å²) in [6.45, 7) is 9.73. The molecule has 0 aliphatic carbocycles. The minimum absolute atomic E-state index is 0.0295. The van der Waals surface area contributed by atoms with Gasteiger partial charge in [-0.05, 0) is 20.3 Å². The van der Waals surface area contributed by atoms with Crippen LogP contribution in [-0.4, -0.2) is 9.78 Å². The maximum absolute atomic E-state index is 11.7. The quantitative estimate of drug-likeness (QED) is 0.701. The van der Waals surface area contributed by atoms with Gasteiger partial charge in [0.15, 0.2) is 0 Å². The number of aromatic nitrogens is 2. The highest BCUT2D eigenvalue weighted by molar-refractivity contribution is 5.21. The topological polar surface area (TPSA) is 37.8 Å². The number of nitrogens with zero attached hydrogens (tertiary/aromatic N) is 1. The average Bonchev–Trinajstić information content (AvgIpc) is 2.32. The molecule has 3 nitrogen and oxygen atoms in total. The molecule has 0 aromatic carbocycles. The molecule has 1 aromatic heterocycles. The molecule has 0 radical (unpaired) electrons. The summed E-state index contributed by atoms with van der Waals surface area (Å²) in [5.41, 5.74) is 0.0295. The third kappa shape index (κ3) is 1.74. The molecule has 1 rings (SSSR count). The zero-order chi connectivity index (χ0) is 10.0. The summed E-state index contributed by atoms with van der Waals surface area (Å²) in [4.78, 5) is 11.7. The first-order valence-corrected chi connectivity index (χ1v) is 4.57. The van der Waals surface area contributed by atoms with E-state index >= 15 is 0 Å². The van der Waals surface area contributed by atoms with E-state index in [1.54, 1.807) is 4.68 Å². The van der Waals surface area contributed by atoms with Gasteiger partial charge in [-0.2, -0.15) is 0 Å². The Kier molecular flexibility index (Phi) is 2.76. The molecule has 3 heteroatoms. The van der Waals surface area contributed by atoms with Crippen molar-refractivity contribution >= 4 is 12.7 Å². The van der Waals surface area contributed by atoms with Crippen LogP contribution >= 0.6 is 0 Å². The molecule has 0 spiro atoms. The summed E-state index contributed by atoms with van der Waals surface area (Å²) in [6, 6.07) is 0.159. The maximum atomic E-state index is 11.7. The van der Waals surface area contributed by atoms with Gasteiger partial charge < -0.3 is 0 Å². The van der Waals surface area contributed by atoms with Crippen LogP contribution in [0, 0.1) is 0 Å². The molecule has 0 unspecified atom stereocenters. The van der Waals surface area contributed by atoms with E-state index in [2.05, 4.69) is 11.7 Å². The van der Waals surface area contributed by atoms with E-state index in [1.807, 2.05) is 26.8 Å². The highest BCUT2D eigenvalue weighted by atomic mass is 16.1. The van der Waals surface area contributed by atoms with Crippen molar-refractivity contribution in [3.05, 3.63) is 20.9 Å². The van der Waals surface area contributed by atoms with Gasteiger partial charge >= 0.3 is 0 Å². The summed E-state index contributed by atoms with van der Waals surface area (Å²) in [7, 11) is 0. The lowest BCUT2D eigenvalue weighted by molar-refractivity contribution is 0.513. The lowest BCUT2D eigenvalue weighted by Gasteiger charge is -2.02. The Morgan fingerprint density at radius 3 is 2.62 bits per heavy atom. The first-order chi connectivity index (χ1) is 6.07. The number of nitrogens with one attached hydrogen (secondary N) is 1. The molecule has 1 heterocycles. The number of H-pyrrole nitrogens is 1. The maximum Gasteiger partial charge on any atom is 0.274 e. The number of aromatic amines is 1. The van der Waals surface area contributed by atoms with Gasteiger partial charge in [0, 0.05) is 6.04 Å². The molecule has 0 atom stereocenters. The van der Waals surface area contributed by atoms with Gasteiger partial charge in [-0.3, -0.25) is 9.89 Å². The first-order valence-electron chi connectivity index (χ1n) is 4.57. The van der Waals surface area contributed by atoms with Crippen molar-refractivity contribution in [1.29, 1.82) is 0 Å². The second-order valence-electron chi connectivity index (χ2n) is 3.39. The Hall–Kier alpha value is -1.25. The summed E-state index contributed by atoms with van der Waals surface area (Å²) < 4.78 is 1.60. The number of rotatable bonds is 2. The van der Waals surface area contributed by atoms with Gasteiger partial charge in [0.25, 0.3) is 5.56 Å². The summed E-state index contributed by atoms with van der Waals surface area (Å²) in [5.74, 6) is 0. The normalized spacial score (nSPS) is 12.8. The fourth-order valence-corrected chi connectivity index (χ4v) is 1.29. The van der Waals surface area contributed by atoms with Gasteiger partial charge in [0.1, 0.15) is 0 Å². The lowest BCUT2D eigenvalue weighted by Crippen LogP contribution is -2.34. The summed E-state index contributed by atoms with van der Waals surface area (Å²) >= 11 is 0. The molecule has 0 saturated heterocycles. The molecule has 0 aliphatic rings. The Labute approximate surface area is 77.4 Å². The van der Waals surface area contributed by atoms with E-state index in [1.165, 1.54) is 0 Å². The molecule has 0 amide bonds. The molecular weight excluding hydrogens is 164 g/mol. The molecule has 0 fully saturated rings. The van der Waals surface area contributed by atoms with E-state index in [0.717, 1.165) is 6.42 Å². The van der Waals surface area contributed by atoms with Crippen LogP contribution in [0.4, 0.5) is 0 Å². The highest BCUT2D eigenvalue weighted by Gasteiger charge is 2.03. The van der Waals surface area contributed by atoms with E-state index in [4.69, 9.17) is 0 Å². The molecule has 0 aliphatic heterocycles. The molecule has 0 bridgehead atoms. The van der Waals surface area contributed by atoms with Gasteiger partial charge in [-0.15, -0.1) is 0 Å². The second kappa shape index (κ2) is 3.64. The number of hydrogen-bond acceptors (Lipinski definition) is 1. The molecular formula is C10H16N2O. The van der Waals surface area contributed by atoms with Crippen LogP contribution in [0.15, 0.2) is 4.79 Å². The Balaban J connectivity index is 3.50. The van der Waals surface area contributed by atoms with Gasteiger partial charge in [0.05, 0.1) is 10.6 Å². The van der Waals surface area contributed by atoms with Gasteiger partial charge in [-0.1, -0.05) is 19.6 Å². The van der Waals surface area contributed by atoms with Crippen molar-refractivity contribution in [2.24, 2.45) is 0 Å². The lowest BCUT2D eigenvalue weighted by atomic mass is 10.3. The predicted molar refractivity (Wildman–Crippen MR) is 55.0 cm³/mol. The monoisotopic (exact) mass is 180 g/mol.